The summed E-state index contributed by atoms with van der Waals surface area (Å²) in [6.07, 6.45) is 5.36. The second-order valence-electron chi connectivity index (χ2n) is 8.25. The van der Waals surface area contributed by atoms with Crippen LogP contribution in [0.3, 0.4) is 0 Å². The van der Waals surface area contributed by atoms with Gasteiger partial charge in [0.2, 0.25) is 0 Å². The third-order valence-corrected chi connectivity index (χ3v) is 6.64. The molecule has 5 rings (SSSR count). The summed E-state index contributed by atoms with van der Waals surface area (Å²) in [7, 11) is 1.45. The first-order valence-electron chi connectivity index (χ1n) is 10.5. The van der Waals surface area contributed by atoms with Crippen LogP contribution in [0.4, 0.5) is 5.82 Å². The van der Waals surface area contributed by atoms with Gasteiger partial charge in [-0.05, 0) is 44.4 Å². The minimum absolute atomic E-state index is 0.0641. The van der Waals surface area contributed by atoms with E-state index >= 15 is 0 Å². The summed E-state index contributed by atoms with van der Waals surface area (Å²) < 4.78 is 6.78. The maximum atomic E-state index is 12.8. The molecule has 3 aliphatic rings. The van der Waals surface area contributed by atoms with Crippen LogP contribution in [0.5, 0.6) is 0 Å². The number of carbonyl (C=O) groups excluding carboxylic acids is 1. The molecule has 1 unspecified atom stereocenters. The lowest BCUT2D eigenvalue weighted by atomic mass is 9.54. The van der Waals surface area contributed by atoms with E-state index in [1.54, 1.807) is 4.57 Å². The average molecular weight is 403 g/mol. The van der Waals surface area contributed by atoms with Crippen molar-refractivity contribution in [1.29, 1.82) is 0 Å². The Hall–Kier alpha value is -2.42. The van der Waals surface area contributed by atoms with Gasteiger partial charge in [-0.1, -0.05) is 6.92 Å². The fraction of sp³-hybridized carbons (Fsp3) is 0.700. The topological polar surface area (TPSA) is 122 Å². The summed E-state index contributed by atoms with van der Waals surface area (Å²) in [5.41, 5.74) is 0.261. The van der Waals surface area contributed by atoms with Gasteiger partial charge in [0.25, 0.3) is 0 Å². The van der Waals surface area contributed by atoms with Gasteiger partial charge in [-0.25, -0.2) is 9.78 Å². The van der Waals surface area contributed by atoms with Crippen LogP contribution >= 0.6 is 0 Å². The highest BCUT2D eigenvalue weighted by Crippen LogP contribution is 2.58. The summed E-state index contributed by atoms with van der Waals surface area (Å²) >= 11 is 0. The van der Waals surface area contributed by atoms with Gasteiger partial charge in [-0.2, -0.15) is 4.98 Å². The van der Waals surface area contributed by atoms with Crippen molar-refractivity contribution in [2.45, 2.75) is 57.9 Å². The van der Waals surface area contributed by atoms with Crippen LogP contribution in [-0.2, 0) is 16.1 Å². The van der Waals surface area contributed by atoms with Crippen molar-refractivity contribution in [3.63, 3.8) is 0 Å². The van der Waals surface area contributed by atoms with E-state index in [1.165, 1.54) is 7.11 Å². The summed E-state index contributed by atoms with van der Waals surface area (Å²) in [6, 6.07) is 0. The molecule has 2 aromatic rings. The van der Waals surface area contributed by atoms with E-state index in [0.717, 1.165) is 44.3 Å². The number of aliphatic hydroxyl groups is 1. The molecule has 0 radical (unpaired) electrons. The number of hydrogen-bond donors (Lipinski definition) is 3. The Labute approximate surface area is 168 Å². The van der Waals surface area contributed by atoms with Crippen LogP contribution < -0.4 is 11.0 Å². The van der Waals surface area contributed by atoms with Crippen LogP contribution in [0.2, 0.25) is 0 Å². The Morgan fingerprint density at radius 1 is 1.38 bits per heavy atom. The third kappa shape index (κ3) is 3.21. The number of nitrogens with zero attached hydrogens (tertiary/aromatic N) is 3. The van der Waals surface area contributed by atoms with Crippen LogP contribution in [-0.4, -0.2) is 50.9 Å². The minimum atomic E-state index is -0.556. The molecule has 1 atom stereocenters. The molecule has 9 heteroatoms. The number of aliphatic hydroxyl groups excluding tert-OH is 1. The first-order chi connectivity index (χ1) is 14.0. The molecule has 2 heterocycles. The van der Waals surface area contributed by atoms with Crippen molar-refractivity contribution in [3.8, 4) is 0 Å². The number of hydrogen-bond acceptors (Lipinski definition) is 7. The first kappa shape index (κ1) is 19.9. The normalized spacial score (nSPS) is 26.0. The molecule has 3 saturated carbocycles. The molecule has 9 nitrogen and oxygen atoms in total. The van der Waals surface area contributed by atoms with E-state index < -0.39 is 5.41 Å². The van der Waals surface area contributed by atoms with Gasteiger partial charge in [0, 0.05) is 19.0 Å². The number of aryl methyl sites for hydroxylation is 1. The number of carbonyl (C=O) groups is 1. The zero-order chi connectivity index (χ0) is 20.6. The number of methoxy groups -OCH3 is 1. The fourth-order valence-electron chi connectivity index (χ4n) is 5.20. The summed E-state index contributed by atoms with van der Waals surface area (Å²) in [4.78, 5) is 37.7. The molecule has 0 spiro atoms. The quantitative estimate of drug-likeness (QED) is 0.602. The molecule has 3 aliphatic carbocycles. The van der Waals surface area contributed by atoms with E-state index in [-0.39, 0.29) is 30.7 Å². The summed E-state index contributed by atoms with van der Waals surface area (Å²) in [5, 5.41) is 12.2. The largest absolute Gasteiger partial charge is 0.469 e. The van der Waals surface area contributed by atoms with Gasteiger partial charge in [0.05, 0.1) is 19.1 Å². The minimum Gasteiger partial charge on any atom is -0.469 e. The highest BCUT2D eigenvalue weighted by atomic mass is 16.5. The number of nitrogens with one attached hydrogen (secondary N) is 2. The van der Waals surface area contributed by atoms with Gasteiger partial charge in [-0.3, -0.25) is 9.36 Å². The van der Waals surface area contributed by atoms with E-state index in [9.17, 15) is 9.59 Å². The Morgan fingerprint density at radius 3 is 2.79 bits per heavy atom. The van der Waals surface area contributed by atoms with Crippen LogP contribution in [0.25, 0.3) is 11.2 Å². The van der Waals surface area contributed by atoms with E-state index in [1.807, 2.05) is 6.92 Å². The fourth-order valence-corrected chi connectivity index (χ4v) is 5.20. The molecular formula is C20H29N5O4. The average Bonchev–Trinajstić information content (AvgIpc) is 3.20. The number of esters is 1. The number of aromatic nitrogens is 4. The standard InChI is InChI=1S/C20H29N5O4/c1-3-9-25-17-14(16(21-8-10-26)24-19(25)28)22-15(23-17)13-11-12-4-6-20(13,7-5-12)18(27)29-2/h12-13,26H,3-11H2,1-2H3,(H,22,23)(H,21,24,28). The zero-order valence-corrected chi connectivity index (χ0v) is 17.0. The van der Waals surface area contributed by atoms with Gasteiger partial charge in [0.1, 0.15) is 11.3 Å². The molecule has 0 amide bonds. The number of anilines is 1. The Morgan fingerprint density at radius 2 is 2.14 bits per heavy atom. The lowest BCUT2D eigenvalue weighted by Gasteiger charge is -2.49. The Kier molecular flexibility index (Phi) is 5.33. The predicted octanol–water partition coefficient (Wildman–Crippen LogP) is 1.77. The van der Waals surface area contributed by atoms with Gasteiger partial charge in [-0.15, -0.1) is 0 Å². The van der Waals surface area contributed by atoms with Gasteiger partial charge >= 0.3 is 11.7 Å². The molecule has 2 aromatic heterocycles. The lowest BCUT2D eigenvalue weighted by molar-refractivity contribution is -0.161. The highest BCUT2D eigenvalue weighted by molar-refractivity contribution is 5.84. The predicted molar refractivity (Wildman–Crippen MR) is 108 cm³/mol. The van der Waals surface area contributed by atoms with Crippen molar-refractivity contribution < 1.29 is 14.6 Å². The van der Waals surface area contributed by atoms with Crippen molar-refractivity contribution in [2.75, 3.05) is 25.6 Å². The monoisotopic (exact) mass is 403 g/mol. The molecule has 0 saturated heterocycles. The molecular weight excluding hydrogens is 374 g/mol. The smallest absolute Gasteiger partial charge is 0.351 e. The second kappa shape index (κ2) is 7.78. The van der Waals surface area contributed by atoms with Crippen molar-refractivity contribution >= 4 is 23.0 Å². The molecule has 2 bridgehead atoms. The Balaban J connectivity index is 1.84. The van der Waals surface area contributed by atoms with Crippen LogP contribution in [0, 0.1) is 11.3 Å². The number of imidazole rings is 1. The molecule has 0 aliphatic heterocycles. The number of H-pyrrole nitrogens is 1. The third-order valence-electron chi connectivity index (χ3n) is 6.64. The van der Waals surface area contributed by atoms with Crippen LogP contribution in [0.1, 0.15) is 57.2 Å². The molecule has 3 fully saturated rings. The first-order valence-corrected chi connectivity index (χ1v) is 10.5. The second-order valence-corrected chi connectivity index (χ2v) is 8.25. The maximum absolute atomic E-state index is 12.8. The number of rotatable bonds is 7. The molecule has 29 heavy (non-hydrogen) atoms. The SMILES string of the molecule is CCCn1c(=O)nc(NCCO)c2[nH]c(C3CC4CCC3(C(=O)OC)CC4)nc21. The van der Waals surface area contributed by atoms with Crippen molar-refractivity contribution in [2.24, 2.45) is 11.3 Å². The van der Waals surface area contributed by atoms with E-state index in [2.05, 4.69) is 15.3 Å². The van der Waals surface area contributed by atoms with E-state index in [4.69, 9.17) is 14.8 Å². The lowest BCUT2D eigenvalue weighted by Crippen LogP contribution is -2.47. The molecule has 0 aromatic carbocycles. The zero-order valence-electron chi connectivity index (χ0n) is 17.0. The molecule has 158 valence electrons. The summed E-state index contributed by atoms with van der Waals surface area (Å²) in [5.74, 6) is 1.47. The van der Waals surface area contributed by atoms with Gasteiger partial charge in [0.15, 0.2) is 11.5 Å². The summed E-state index contributed by atoms with van der Waals surface area (Å²) in [6.45, 7) is 2.72. The highest BCUT2D eigenvalue weighted by Gasteiger charge is 2.55. The van der Waals surface area contributed by atoms with Crippen LogP contribution in [0.15, 0.2) is 4.79 Å². The number of fused-ring (bicyclic) bond motifs is 4. The number of ether oxygens (including phenoxy) is 1. The van der Waals surface area contributed by atoms with Crippen molar-refractivity contribution in [3.05, 3.63) is 16.3 Å². The Bertz CT molecular complexity index is 958. The van der Waals surface area contributed by atoms with Gasteiger partial charge < -0.3 is 20.1 Å². The van der Waals surface area contributed by atoms with E-state index in [0.29, 0.717) is 29.4 Å². The molecule has 3 N–H and O–H groups in total. The van der Waals surface area contributed by atoms with Crippen molar-refractivity contribution in [1.82, 2.24) is 19.5 Å². The maximum Gasteiger partial charge on any atom is 0.351 e. The number of aromatic amines is 1.